The second kappa shape index (κ2) is 6.40. The Morgan fingerprint density at radius 3 is 2.67 bits per heavy atom. The van der Waals surface area contributed by atoms with Gasteiger partial charge in [-0.05, 0) is 27.2 Å². The molecule has 0 saturated heterocycles. The van der Waals surface area contributed by atoms with Crippen LogP contribution in [0.3, 0.4) is 0 Å². The maximum atomic E-state index is 12.4. The number of imidazole rings is 1. The van der Waals surface area contributed by atoms with Gasteiger partial charge in [0.1, 0.15) is 4.90 Å². The molecule has 8 heteroatoms. The van der Waals surface area contributed by atoms with E-state index in [0.717, 1.165) is 6.54 Å². The van der Waals surface area contributed by atoms with Crippen molar-refractivity contribution in [1.82, 2.24) is 24.1 Å². The van der Waals surface area contributed by atoms with Crippen molar-refractivity contribution < 1.29 is 8.42 Å². The minimum absolute atomic E-state index is 0.298. The third-order valence-corrected chi connectivity index (χ3v) is 5.04. The Kier molecular flexibility index (Phi) is 4.79. The molecule has 0 unspecified atom stereocenters. The molecule has 2 heterocycles. The van der Waals surface area contributed by atoms with Crippen molar-refractivity contribution in [2.75, 3.05) is 6.54 Å². The summed E-state index contributed by atoms with van der Waals surface area (Å²) in [5.74, 6) is 0. The molecule has 2 aromatic heterocycles. The van der Waals surface area contributed by atoms with Crippen molar-refractivity contribution in [2.45, 2.75) is 45.2 Å². The Bertz CT molecular complexity index is 688. The number of sulfonamides is 1. The first-order valence-electron chi connectivity index (χ1n) is 6.95. The summed E-state index contributed by atoms with van der Waals surface area (Å²) in [6.07, 6.45) is 5.98. The maximum Gasteiger partial charge on any atom is 0.244 e. The number of nitrogens with one attached hydrogen (secondary N) is 1. The molecular weight excluding hydrogens is 290 g/mol. The van der Waals surface area contributed by atoms with E-state index >= 15 is 0 Å². The first kappa shape index (κ1) is 15.7. The van der Waals surface area contributed by atoms with E-state index in [1.54, 1.807) is 31.1 Å². The van der Waals surface area contributed by atoms with Gasteiger partial charge in [0.05, 0.1) is 17.7 Å². The van der Waals surface area contributed by atoms with E-state index in [1.165, 1.54) is 0 Å². The molecule has 2 aromatic rings. The van der Waals surface area contributed by atoms with Crippen molar-refractivity contribution in [2.24, 2.45) is 0 Å². The second-order valence-electron chi connectivity index (χ2n) is 4.87. The van der Waals surface area contributed by atoms with Crippen LogP contribution in [0.25, 0.3) is 0 Å². The van der Waals surface area contributed by atoms with Gasteiger partial charge in [0, 0.05) is 32.0 Å². The minimum Gasteiger partial charge on any atom is -0.337 e. The van der Waals surface area contributed by atoms with Crippen molar-refractivity contribution in [1.29, 1.82) is 0 Å². The highest BCUT2D eigenvalue weighted by atomic mass is 32.2. The molecule has 0 radical (unpaired) electrons. The van der Waals surface area contributed by atoms with Crippen LogP contribution in [0.2, 0.25) is 0 Å². The Balaban J connectivity index is 2.00. The van der Waals surface area contributed by atoms with E-state index in [4.69, 9.17) is 0 Å². The molecule has 0 amide bonds. The predicted molar refractivity (Wildman–Crippen MR) is 79.4 cm³/mol. The molecule has 0 aliphatic carbocycles. The maximum absolute atomic E-state index is 12.4. The number of hydrogen-bond acceptors (Lipinski definition) is 4. The number of aryl methyl sites for hydroxylation is 3. The first-order valence-corrected chi connectivity index (χ1v) is 8.43. The monoisotopic (exact) mass is 311 g/mol. The van der Waals surface area contributed by atoms with Gasteiger partial charge in [0.25, 0.3) is 0 Å². The van der Waals surface area contributed by atoms with E-state index in [0.29, 0.717) is 35.8 Å². The molecule has 0 saturated carbocycles. The number of rotatable bonds is 7. The first-order chi connectivity index (χ1) is 9.95. The normalized spacial score (nSPS) is 12.0. The topological polar surface area (TPSA) is 81.8 Å². The average molecular weight is 311 g/mol. The molecule has 0 bridgehead atoms. The van der Waals surface area contributed by atoms with Gasteiger partial charge in [0.15, 0.2) is 0 Å². The zero-order chi connectivity index (χ0) is 15.5. The van der Waals surface area contributed by atoms with Crippen LogP contribution in [-0.2, 0) is 23.1 Å². The molecule has 7 nitrogen and oxygen atoms in total. The Labute approximate surface area is 125 Å². The zero-order valence-corrected chi connectivity index (χ0v) is 13.4. The smallest absolute Gasteiger partial charge is 0.244 e. The minimum atomic E-state index is -3.51. The lowest BCUT2D eigenvalue weighted by Crippen LogP contribution is -2.26. The molecule has 21 heavy (non-hydrogen) atoms. The highest BCUT2D eigenvalue weighted by Crippen LogP contribution is 2.18. The van der Waals surface area contributed by atoms with E-state index in [1.807, 2.05) is 17.7 Å². The molecular formula is C13H21N5O2S. The van der Waals surface area contributed by atoms with Crippen LogP contribution in [0.4, 0.5) is 0 Å². The van der Waals surface area contributed by atoms with Gasteiger partial charge in [-0.25, -0.2) is 18.1 Å². The van der Waals surface area contributed by atoms with Gasteiger partial charge in [-0.3, -0.25) is 4.68 Å². The number of hydrogen-bond donors (Lipinski definition) is 1. The fourth-order valence-electron chi connectivity index (χ4n) is 2.34. The summed E-state index contributed by atoms with van der Waals surface area (Å²) in [5, 5.41) is 4.25. The largest absolute Gasteiger partial charge is 0.337 e. The molecule has 2 rings (SSSR count). The predicted octanol–water partition coefficient (Wildman–Crippen LogP) is 1.08. The van der Waals surface area contributed by atoms with Crippen LogP contribution >= 0.6 is 0 Å². The van der Waals surface area contributed by atoms with Crippen LogP contribution in [-0.4, -0.2) is 34.3 Å². The SMILES string of the molecule is CCn1nc(C)c(S(=O)(=O)NCCCn2ccnc2)c1C. The summed E-state index contributed by atoms with van der Waals surface area (Å²) in [4.78, 5) is 4.24. The van der Waals surface area contributed by atoms with Gasteiger partial charge in [-0.2, -0.15) is 5.10 Å². The highest BCUT2D eigenvalue weighted by molar-refractivity contribution is 7.89. The highest BCUT2D eigenvalue weighted by Gasteiger charge is 2.23. The van der Waals surface area contributed by atoms with E-state index in [-0.39, 0.29) is 0 Å². The third-order valence-electron chi connectivity index (χ3n) is 3.33. The summed E-state index contributed by atoms with van der Waals surface area (Å²) in [6, 6.07) is 0. The molecule has 0 spiro atoms. The summed E-state index contributed by atoms with van der Waals surface area (Å²) >= 11 is 0. The quantitative estimate of drug-likeness (QED) is 0.776. The fraction of sp³-hybridized carbons (Fsp3) is 0.538. The van der Waals surface area contributed by atoms with Gasteiger partial charge in [-0.15, -0.1) is 0 Å². The summed E-state index contributed by atoms with van der Waals surface area (Å²) < 4.78 is 31.0. The lowest BCUT2D eigenvalue weighted by molar-refractivity contribution is 0.568. The Hall–Kier alpha value is -1.67. The molecule has 1 N–H and O–H groups in total. The lowest BCUT2D eigenvalue weighted by atomic mass is 10.4. The van der Waals surface area contributed by atoms with Gasteiger partial charge in [0.2, 0.25) is 10.0 Å². The Morgan fingerprint density at radius 2 is 2.10 bits per heavy atom. The van der Waals surface area contributed by atoms with Crippen LogP contribution in [0.1, 0.15) is 24.7 Å². The van der Waals surface area contributed by atoms with Crippen LogP contribution < -0.4 is 4.72 Å². The van der Waals surface area contributed by atoms with Crippen molar-refractivity contribution in [3.63, 3.8) is 0 Å². The molecule has 0 aliphatic rings. The Morgan fingerprint density at radius 1 is 1.33 bits per heavy atom. The van der Waals surface area contributed by atoms with Gasteiger partial charge in [-0.1, -0.05) is 0 Å². The molecule has 0 atom stereocenters. The van der Waals surface area contributed by atoms with E-state index < -0.39 is 10.0 Å². The molecule has 0 aromatic carbocycles. The van der Waals surface area contributed by atoms with Crippen LogP contribution in [0.15, 0.2) is 23.6 Å². The van der Waals surface area contributed by atoms with Gasteiger partial charge >= 0.3 is 0 Å². The number of aromatic nitrogens is 4. The molecule has 0 aliphatic heterocycles. The zero-order valence-electron chi connectivity index (χ0n) is 12.6. The second-order valence-corrected chi connectivity index (χ2v) is 6.57. The third kappa shape index (κ3) is 3.51. The van der Waals surface area contributed by atoms with E-state index in [2.05, 4.69) is 14.8 Å². The summed E-state index contributed by atoms with van der Waals surface area (Å²) in [5.41, 5.74) is 1.22. The van der Waals surface area contributed by atoms with Crippen molar-refractivity contribution >= 4 is 10.0 Å². The van der Waals surface area contributed by atoms with Crippen molar-refractivity contribution in [3.8, 4) is 0 Å². The van der Waals surface area contributed by atoms with E-state index in [9.17, 15) is 8.42 Å². The van der Waals surface area contributed by atoms with Gasteiger partial charge < -0.3 is 4.57 Å². The molecule has 0 fully saturated rings. The summed E-state index contributed by atoms with van der Waals surface area (Å²) in [6.45, 7) is 7.21. The van der Waals surface area contributed by atoms with Crippen molar-refractivity contribution in [3.05, 3.63) is 30.1 Å². The molecule has 116 valence electrons. The summed E-state index contributed by atoms with van der Waals surface area (Å²) in [7, 11) is -3.51. The number of nitrogens with zero attached hydrogens (tertiary/aromatic N) is 4. The standard InChI is InChI=1S/C13H21N5O2S/c1-4-18-12(3)13(11(2)16-18)21(19,20)15-6-5-8-17-9-7-14-10-17/h7,9-10,15H,4-6,8H2,1-3H3. The van der Waals surface area contributed by atoms with Crippen LogP contribution in [0, 0.1) is 13.8 Å². The average Bonchev–Trinajstić information content (AvgIpc) is 3.03. The van der Waals surface area contributed by atoms with Crippen LogP contribution in [0.5, 0.6) is 0 Å². The lowest BCUT2D eigenvalue weighted by Gasteiger charge is -2.08. The fourth-order valence-corrected chi connectivity index (χ4v) is 3.82.